The van der Waals surface area contributed by atoms with Gasteiger partial charge in [-0.05, 0) is 140 Å². The van der Waals surface area contributed by atoms with Crippen LogP contribution in [0.5, 0.6) is 0 Å². The van der Waals surface area contributed by atoms with Crippen LogP contribution >= 0.6 is 0 Å². The third-order valence-electron chi connectivity index (χ3n) is 12.5. The van der Waals surface area contributed by atoms with Crippen molar-refractivity contribution in [2.24, 2.45) is 0 Å². The lowest BCUT2D eigenvalue weighted by atomic mass is 9.79. The lowest BCUT2D eigenvalue weighted by molar-refractivity contribution is 0.652. The molecule has 0 saturated carbocycles. The molecule has 0 heteroatoms. The van der Waals surface area contributed by atoms with Crippen LogP contribution in [0.1, 0.15) is 55.5 Å². The zero-order valence-electron chi connectivity index (χ0n) is 28.6. The van der Waals surface area contributed by atoms with Gasteiger partial charge in [0.2, 0.25) is 0 Å². The molecule has 0 aromatic heterocycles. The van der Waals surface area contributed by atoms with E-state index in [0.29, 0.717) is 0 Å². The molecule has 0 heterocycles. The molecule has 0 atom stereocenters. The summed E-state index contributed by atoms with van der Waals surface area (Å²) in [6, 6.07) is 48.8. The van der Waals surface area contributed by atoms with Gasteiger partial charge in [0.15, 0.2) is 0 Å². The molecule has 0 bridgehead atoms. The van der Waals surface area contributed by atoms with E-state index in [-0.39, 0.29) is 10.8 Å². The van der Waals surface area contributed by atoms with Gasteiger partial charge in [0.25, 0.3) is 0 Å². The molecule has 0 saturated heterocycles. The molecule has 11 rings (SSSR count). The standard InChI is InChI=1S/C49H36/c1-27-23-42-46(35-15-9-8-13-31(27)35)38-25-41-39(26-40(38)48(42,2)3)47-37-22-21-36-34(33-16-10-12-28-11-6-7-14-32(28)33)20-19-29-17-18-30(45(37)44(29)36)24-43(47)49(41,4)5/h6-26H,1-5H3. The van der Waals surface area contributed by atoms with Crippen LogP contribution < -0.4 is 0 Å². The molecule has 0 aliphatic heterocycles. The maximum atomic E-state index is 2.58. The van der Waals surface area contributed by atoms with Crippen LogP contribution in [-0.2, 0) is 10.8 Å². The highest BCUT2D eigenvalue weighted by Gasteiger charge is 2.43. The normalized spacial score (nSPS) is 15.4. The van der Waals surface area contributed by atoms with Gasteiger partial charge in [-0.1, -0.05) is 137 Å². The molecule has 232 valence electrons. The van der Waals surface area contributed by atoms with E-state index in [1.807, 2.05) is 0 Å². The minimum atomic E-state index is -0.119. The summed E-state index contributed by atoms with van der Waals surface area (Å²) in [5, 5.41) is 13.4. The quantitative estimate of drug-likeness (QED) is 0.159. The van der Waals surface area contributed by atoms with Crippen molar-refractivity contribution >= 4 is 53.9 Å². The molecule has 2 aliphatic carbocycles. The lowest BCUT2D eigenvalue weighted by Crippen LogP contribution is -2.17. The smallest absolute Gasteiger partial charge is 0.0159 e. The molecule has 0 N–H and O–H groups in total. The summed E-state index contributed by atoms with van der Waals surface area (Å²) in [5.41, 5.74) is 15.2. The highest BCUT2D eigenvalue weighted by molar-refractivity contribution is 6.29. The second-order valence-electron chi connectivity index (χ2n) is 15.7. The Morgan fingerprint density at radius 3 is 1.67 bits per heavy atom. The Kier molecular flexibility index (Phi) is 5.02. The monoisotopic (exact) mass is 624 g/mol. The number of fused-ring (bicyclic) bond motifs is 10. The summed E-state index contributed by atoms with van der Waals surface area (Å²) in [6.07, 6.45) is 0. The van der Waals surface area contributed by atoms with Crippen LogP contribution in [0.4, 0.5) is 0 Å². The second-order valence-corrected chi connectivity index (χ2v) is 15.7. The number of aryl methyl sites for hydroxylation is 1. The third-order valence-corrected chi connectivity index (χ3v) is 12.5. The van der Waals surface area contributed by atoms with Crippen molar-refractivity contribution in [2.75, 3.05) is 0 Å². The maximum absolute atomic E-state index is 2.58. The first-order valence-corrected chi connectivity index (χ1v) is 17.7. The van der Waals surface area contributed by atoms with Crippen LogP contribution in [0.3, 0.4) is 0 Å². The largest absolute Gasteiger partial charge is 0.0616 e. The molecule has 0 radical (unpaired) electrons. The van der Waals surface area contributed by atoms with E-state index in [0.717, 1.165) is 0 Å². The zero-order valence-corrected chi connectivity index (χ0v) is 28.6. The topological polar surface area (TPSA) is 0 Å². The number of hydrogen-bond donors (Lipinski definition) is 0. The molecular formula is C49H36. The molecular weight excluding hydrogens is 589 g/mol. The summed E-state index contributed by atoms with van der Waals surface area (Å²) in [6.45, 7) is 12.0. The van der Waals surface area contributed by atoms with Crippen LogP contribution in [0.2, 0.25) is 0 Å². The minimum Gasteiger partial charge on any atom is -0.0616 e. The van der Waals surface area contributed by atoms with Crippen molar-refractivity contribution in [3.63, 3.8) is 0 Å². The van der Waals surface area contributed by atoms with E-state index < -0.39 is 0 Å². The Morgan fingerprint density at radius 2 is 0.898 bits per heavy atom. The average molecular weight is 625 g/mol. The maximum Gasteiger partial charge on any atom is 0.0159 e. The van der Waals surface area contributed by atoms with E-state index in [9.17, 15) is 0 Å². The van der Waals surface area contributed by atoms with Crippen LogP contribution in [0.15, 0.2) is 127 Å². The number of rotatable bonds is 1. The molecule has 0 amide bonds. The Balaban J connectivity index is 1.22. The predicted molar refractivity (Wildman–Crippen MR) is 210 cm³/mol. The van der Waals surface area contributed by atoms with Gasteiger partial charge in [0, 0.05) is 10.8 Å². The summed E-state index contributed by atoms with van der Waals surface area (Å²) in [7, 11) is 0. The Morgan fingerprint density at radius 1 is 0.347 bits per heavy atom. The van der Waals surface area contributed by atoms with Crippen LogP contribution in [0, 0.1) is 6.92 Å². The van der Waals surface area contributed by atoms with E-state index in [1.54, 1.807) is 0 Å². The molecule has 2 aliphatic rings. The van der Waals surface area contributed by atoms with Crippen LogP contribution in [0.25, 0.3) is 87.2 Å². The van der Waals surface area contributed by atoms with Crippen molar-refractivity contribution in [3.05, 3.63) is 155 Å². The van der Waals surface area contributed by atoms with Gasteiger partial charge in [-0.3, -0.25) is 0 Å². The first kappa shape index (κ1) is 27.5. The second kappa shape index (κ2) is 8.95. The average Bonchev–Trinajstić information content (AvgIpc) is 3.48. The van der Waals surface area contributed by atoms with Gasteiger partial charge in [0.1, 0.15) is 0 Å². The van der Waals surface area contributed by atoms with Crippen LogP contribution in [-0.4, -0.2) is 0 Å². The fourth-order valence-electron chi connectivity index (χ4n) is 10.0. The van der Waals surface area contributed by atoms with E-state index in [2.05, 4.69) is 162 Å². The molecule has 9 aromatic rings. The lowest BCUT2D eigenvalue weighted by Gasteiger charge is -2.24. The summed E-state index contributed by atoms with van der Waals surface area (Å²) in [5.74, 6) is 0. The summed E-state index contributed by atoms with van der Waals surface area (Å²) < 4.78 is 0. The number of hydrogen-bond acceptors (Lipinski definition) is 0. The Labute approximate surface area is 287 Å². The van der Waals surface area contributed by atoms with Gasteiger partial charge in [-0.2, -0.15) is 0 Å². The Bertz CT molecular complexity index is 2930. The van der Waals surface area contributed by atoms with E-state index in [4.69, 9.17) is 0 Å². The fourth-order valence-corrected chi connectivity index (χ4v) is 10.0. The zero-order chi connectivity index (χ0) is 33.0. The summed E-state index contributed by atoms with van der Waals surface area (Å²) in [4.78, 5) is 0. The fraction of sp³-hybridized carbons (Fsp3) is 0.143. The van der Waals surface area contributed by atoms with E-state index >= 15 is 0 Å². The highest BCUT2D eigenvalue weighted by atomic mass is 14.5. The van der Waals surface area contributed by atoms with Crippen molar-refractivity contribution in [1.29, 1.82) is 0 Å². The van der Waals surface area contributed by atoms with Gasteiger partial charge < -0.3 is 0 Å². The number of benzene rings is 9. The molecule has 0 spiro atoms. The SMILES string of the molecule is Cc1cc2c(c3ccccc13)-c1cc3c(cc1C2(C)C)-c1c(cc2ccc4ccc(-c5cccc6ccccc56)c5ccc1c2c45)C3(C)C. The van der Waals surface area contributed by atoms with Crippen molar-refractivity contribution < 1.29 is 0 Å². The van der Waals surface area contributed by atoms with E-state index in [1.165, 1.54) is 115 Å². The molecule has 0 nitrogen and oxygen atoms in total. The highest BCUT2D eigenvalue weighted by Crippen LogP contribution is 2.59. The Hall–Kier alpha value is -5.46. The molecule has 49 heavy (non-hydrogen) atoms. The van der Waals surface area contributed by atoms with Crippen molar-refractivity contribution in [1.82, 2.24) is 0 Å². The van der Waals surface area contributed by atoms with Crippen molar-refractivity contribution in [2.45, 2.75) is 45.4 Å². The predicted octanol–water partition coefficient (Wildman–Crippen LogP) is 13.5. The van der Waals surface area contributed by atoms with Crippen molar-refractivity contribution in [3.8, 4) is 33.4 Å². The van der Waals surface area contributed by atoms with Gasteiger partial charge in [-0.15, -0.1) is 0 Å². The van der Waals surface area contributed by atoms with Gasteiger partial charge in [0.05, 0.1) is 0 Å². The minimum absolute atomic E-state index is 0.0848. The molecule has 0 fully saturated rings. The van der Waals surface area contributed by atoms with Gasteiger partial charge >= 0.3 is 0 Å². The molecule has 9 aromatic carbocycles. The van der Waals surface area contributed by atoms with Gasteiger partial charge in [-0.25, -0.2) is 0 Å². The third kappa shape index (κ3) is 3.30. The molecule has 0 unspecified atom stereocenters. The first-order valence-electron chi connectivity index (χ1n) is 17.7. The summed E-state index contributed by atoms with van der Waals surface area (Å²) >= 11 is 0. The first-order chi connectivity index (χ1) is 23.7.